The maximum absolute atomic E-state index is 11.0. The molecule has 2 nitrogen and oxygen atoms in total. The monoisotopic (exact) mass is 256 g/mol. The van der Waals surface area contributed by atoms with Crippen molar-refractivity contribution in [1.82, 2.24) is 0 Å². The smallest absolute Gasteiger partial charge is 0.307 e. The Labute approximate surface area is 101 Å². The van der Waals surface area contributed by atoms with Crippen LogP contribution in [0.3, 0.4) is 0 Å². The van der Waals surface area contributed by atoms with Crippen LogP contribution in [-0.2, 0) is 9.53 Å². The van der Waals surface area contributed by atoms with Crippen LogP contribution in [0.25, 0.3) is 0 Å². The van der Waals surface area contributed by atoms with Gasteiger partial charge in [0.1, 0.15) is 8.07 Å². The maximum atomic E-state index is 11.0. The lowest BCUT2D eigenvalue weighted by Gasteiger charge is -2.19. The minimum absolute atomic E-state index is 0.227. The number of hydrogen-bond donors (Lipinski definition) is 0. The van der Waals surface area contributed by atoms with Gasteiger partial charge >= 0.3 is 5.97 Å². The summed E-state index contributed by atoms with van der Waals surface area (Å²) in [7, 11) is -2.74. The van der Waals surface area contributed by atoms with Gasteiger partial charge in [-0.1, -0.05) is 51.1 Å². The largest absolute Gasteiger partial charge is 0.437 e. The van der Waals surface area contributed by atoms with Crippen LogP contribution in [0, 0.1) is 0 Å². The Morgan fingerprint density at radius 1 is 1.06 bits per heavy atom. The van der Waals surface area contributed by atoms with Crippen molar-refractivity contribution in [3.63, 3.8) is 0 Å². The molecular formula is C12H24O2Si2. The molecule has 0 aliphatic heterocycles. The molecule has 0 unspecified atom stereocenters. The van der Waals surface area contributed by atoms with Crippen molar-refractivity contribution >= 4 is 22.1 Å². The average molecular weight is 256 g/mol. The fourth-order valence-electron chi connectivity index (χ4n) is 1.02. The SMILES string of the molecule is CC(=O)O/C(=C\C=C\[Si](C)(C)C)[Si](C)(C)C. The zero-order valence-electron chi connectivity index (χ0n) is 11.5. The zero-order chi connectivity index (χ0) is 13.0. The quantitative estimate of drug-likeness (QED) is 0.331. The van der Waals surface area contributed by atoms with Crippen LogP contribution >= 0.6 is 0 Å². The molecule has 0 spiro atoms. The number of carbonyl (C=O) groups excluding carboxylic acids is 1. The predicted molar refractivity (Wildman–Crippen MR) is 75.7 cm³/mol. The Morgan fingerprint density at radius 2 is 1.56 bits per heavy atom. The summed E-state index contributed by atoms with van der Waals surface area (Å²) in [6.45, 7) is 14.8. The minimum atomic E-state index is -1.56. The third-order valence-corrected chi connectivity index (χ3v) is 4.78. The highest BCUT2D eigenvalue weighted by Gasteiger charge is 2.22. The Balaban J connectivity index is 4.85. The lowest BCUT2D eigenvalue weighted by Crippen LogP contribution is -2.27. The summed E-state index contributed by atoms with van der Waals surface area (Å²) >= 11 is 0. The van der Waals surface area contributed by atoms with E-state index in [1.54, 1.807) is 0 Å². The van der Waals surface area contributed by atoms with E-state index in [2.05, 4.69) is 45.0 Å². The molecule has 0 rings (SSSR count). The molecule has 0 saturated heterocycles. The summed E-state index contributed by atoms with van der Waals surface area (Å²) in [6, 6.07) is 0. The van der Waals surface area contributed by atoms with Gasteiger partial charge in [0.25, 0.3) is 0 Å². The van der Waals surface area contributed by atoms with Crippen molar-refractivity contribution in [3.05, 3.63) is 23.2 Å². The van der Waals surface area contributed by atoms with Crippen molar-refractivity contribution in [1.29, 1.82) is 0 Å². The number of esters is 1. The standard InChI is InChI=1S/C12H24O2Si2/c1-11(13)14-12(16(5,6)7)9-8-10-15(2,3)4/h8-10H,1-7H3/b10-8+,12-9+. The van der Waals surface area contributed by atoms with Crippen molar-refractivity contribution in [3.8, 4) is 0 Å². The predicted octanol–water partition coefficient (Wildman–Crippen LogP) is 3.74. The Kier molecular flexibility index (Phi) is 5.42. The molecule has 16 heavy (non-hydrogen) atoms. The molecule has 0 radical (unpaired) electrons. The first kappa shape index (κ1) is 15.4. The van der Waals surface area contributed by atoms with Crippen molar-refractivity contribution < 1.29 is 9.53 Å². The molecule has 0 fully saturated rings. The second-order valence-corrected chi connectivity index (χ2v) is 16.2. The third kappa shape index (κ3) is 7.65. The Hall–Kier alpha value is -0.616. The maximum Gasteiger partial charge on any atom is 0.307 e. The average Bonchev–Trinajstić information content (AvgIpc) is 1.97. The molecule has 0 saturated carbocycles. The van der Waals surface area contributed by atoms with Gasteiger partial charge in [0.2, 0.25) is 0 Å². The summed E-state index contributed by atoms with van der Waals surface area (Å²) in [6.07, 6.45) is 4.01. The van der Waals surface area contributed by atoms with E-state index in [1.165, 1.54) is 6.92 Å². The molecule has 0 N–H and O–H groups in total. The Morgan fingerprint density at radius 3 is 1.88 bits per heavy atom. The first-order valence-corrected chi connectivity index (χ1v) is 12.7. The van der Waals surface area contributed by atoms with E-state index in [0.29, 0.717) is 0 Å². The van der Waals surface area contributed by atoms with Gasteiger partial charge in [-0.05, 0) is 6.08 Å². The van der Waals surface area contributed by atoms with Crippen LogP contribution in [0.2, 0.25) is 39.3 Å². The topological polar surface area (TPSA) is 26.3 Å². The van der Waals surface area contributed by atoms with Gasteiger partial charge in [-0.15, -0.1) is 0 Å². The van der Waals surface area contributed by atoms with E-state index >= 15 is 0 Å². The van der Waals surface area contributed by atoms with Crippen molar-refractivity contribution in [2.75, 3.05) is 0 Å². The highest BCUT2D eigenvalue weighted by Crippen LogP contribution is 2.16. The second-order valence-electron chi connectivity index (χ2n) is 6.10. The minimum Gasteiger partial charge on any atom is -0.437 e. The van der Waals surface area contributed by atoms with Gasteiger partial charge in [-0.3, -0.25) is 4.79 Å². The van der Waals surface area contributed by atoms with Crippen molar-refractivity contribution in [2.24, 2.45) is 0 Å². The molecule has 0 aromatic rings. The summed E-state index contributed by atoms with van der Waals surface area (Å²) in [5, 5.41) is 0.856. The normalized spacial score (nSPS) is 14.3. The number of carbonyl (C=O) groups is 1. The second kappa shape index (κ2) is 5.63. The molecule has 0 aromatic carbocycles. The van der Waals surface area contributed by atoms with Crippen LogP contribution < -0.4 is 0 Å². The summed E-state index contributed by atoms with van der Waals surface area (Å²) in [4.78, 5) is 11.0. The van der Waals surface area contributed by atoms with Crippen molar-refractivity contribution in [2.45, 2.75) is 46.2 Å². The fraction of sp³-hybridized carbons (Fsp3) is 0.583. The molecule has 4 heteroatoms. The molecule has 0 aromatic heterocycles. The molecule has 0 aliphatic carbocycles. The number of hydrogen-bond acceptors (Lipinski definition) is 2. The van der Waals surface area contributed by atoms with E-state index < -0.39 is 16.1 Å². The lowest BCUT2D eigenvalue weighted by molar-refractivity contribution is -0.136. The number of rotatable bonds is 4. The summed E-state index contributed by atoms with van der Waals surface area (Å²) in [5.41, 5.74) is 2.25. The van der Waals surface area contributed by atoms with Gasteiger partial charge in [0.05, 0.1) is 13.5 Å². The molecule has 0 atom stereocenters. The molecule has 0 aliphatic rings. The van der Waals surface area contributed by atoms with E-state index in [1.807, 2.05) is 12.2 Å². The van der Waals surface area contributed by atoms with Gasteiger partial charge in [0.15, 0.2) is 0 Å². The summed E-state index contributed by atoms with van der Waals surface area (Å²) in [5.74, 6) is -0.227. The molecule has 0 bridgehead atoms. The summed E-state index contributed by atoms with van der Waals surface area (Å²) < 4.78 is 5.28. The molecule has 0 heterocycles. The number of ether oxygens (including phenoxy) is 1. The molecule has 92 valence electrons. The van der Waals surface area contributed by atoms with Crippen LogP contribution in [-0.4, -0.2) is 22.1 Å². The molecule has 0 amide bonds. The van der Waals surface area contributed by atoms with Gasteiger partial charge in [0, 0.05) is 6.92 Å². The highest BCUT2D eigenvalue weighted by atomic mass is 28.3. The first-order valence-electron chi connectivity index (χ1n) is 5.61. The van der Waals surface area contributed by atoms with Crippen LogP contribution in [0.15, 0.2) is 23.2 Å². The van der Waals surface area contributed by atoms with E-state index in [4.69, 9.17) is 4.74 Å². The lowest BCUT2D eigenvalue weighted by atomic mass is 10.6. The van der Waals surface area contributed by atoms with Gasteiger partial charge in [-0.25, -0.2) is 0 Å². The van der Waals surface area contributed by atoms with E-state index in [-0.39, 0.29) is 5.97 Å². The van der Waals surface area contributed by atoms with Crippen LogP contribution in [0.4, 0.5) is 0 Å². The molecular weight excluding hydrogens is 232 g/mol. The third-order valence-electron chi connectivity index (χ3n) is 1.84. The van der Waals surface area contributed by atoms with Crippen LogP contribution in [0.1, 0.15) is 6.92 Å². The van der Waals surface area contributed by atoms with E-state index in [9.17, 15) is 4.79 Å². The van der Waals surface area contributed by atoms with E-state index in [0.717, 1.165) is 5.38 Å². The highest BCUT2D eigenvalue weighted by molar-refractivity contribution is 6.83. The van der Waals surface area contributed by atoms with Gasteiger partial charge < -0.3 is 4.74 Å². The van der Waals surface area contributed by atoms with Gasteiger partial charge in [-0.2, -0.15) is 0 Å². The number of allylic oxidation sites excluding steroid dienone is 2. The van der Waals surface area contributed by atoms with Crippen LogP contribution in [0.5, 0.6) is 0 Å². The Bertz CT molecular complexity index is 304. The fourth-order valence-corrected chi connectivity index (χ4v) is 2.74. The first-order chi connectivity index (χ1) is 7.02. The zero-order valence-corrected chi connectivity index (χ0v) is 13.5.